The molecule has 0 aliphatic carbocycles. The van der Waals surface area contributed by atoms with Crippen molar-refractivity contribution in [3.05, 3.63) is 59.2 Å². The van der Waals surface area contributed by atoms with Gasteiger partial charge < -0.3 is 20.1 Å². The van der Waals surface area contributed by atoms with Crippen LogP contribution >= 0.6 is 0 Å². The molecule has 0 saturated heterocycles. The number of hydrogen-bond acceptors (Lipinski definition) is 4. The Labute approximate surface area is 158 Å². The van der Waals surface area contributed by atoms with E-state index in [4.69, 9.17) is 9.47 Å². The molecule has 2 aromatic rings. The molecule has 1 aliphatic heterocycles. The summed E-state index contributed by atoms with van der Waals surface area (Å²) in [5, 5.41) is 5.64. The number of fused-ring (bicyclic) bond motifs is 1. The highest BCUT2D eigenvalue weighted by Gasteiger charge is 2.13. The fourth-order valence-corrected chi connectivity index (χ4v) is 2.66. The van der Waals surface area contributed by atoms with Crippen molar-refractivity contribution >= 4 is 23.6 Å². The number of nitrogens with one attached hydrogen (secondary N) is 2. The highest BCUT2D eigenvalue weighted by Crippen LogP contribution is 2.32. The normalized spacial score (nSPS) is 12.4. The Morgan fingerprint density at radius 3 is 2.63 bits per heavy atom. The fraction of sp³-hybridized carbons (Fsp3) is 0.238. The second-order valence-electron chi connectivity index (χ2n) is 6.59. The Hall–Kier alpha value is -3.28. The average molecular weight is 366 g/mol. The molecular weight excluding hydrogens is 344 g/mol. The van der Waals surface area contributed by atoms with Crippen LogP contribution in [-0.4, -0.2) is 24.6 Å². The van der Waals surface area contributed by atoms with E-state index in [1.165, 1.54) is 6.08 Å². The maximum Gasteiger partial charge on any atom is 0.251 e. The van der Waals surface area contributed by atoms with Crippen LogP contribution in [0.15, 0.2) is 42.5 Å². The van der Waals surface area contributed by atoms with Crippen LogP contribution in [0.25, 0.3) is 6.08 Å². The van der Waals surface area contributed by atoms with E-state index in [1.54, 1.807) is 24.3 Å². The lowest BCUT2D eigenvalue weighted by molar-refractivity contribution is -0.111. The molecule has 6 nitrogen and oxygen atoms in total. The third kappa shape index (κ3) is 4.67. The van der Waals surface area contributed by atoms with E-state index in [0.29, 0.717) is 22.7 Å². The van der Waals surface area contributed by atoms with Crippen LogP contribution in [0.4, 0.5) is 5.69 Å². The third-order valence-corrected chi connectivity index (χ3v) is 3.99. The Bertz CT molecular complexity index is 903. The molecule has 0 spiro atoms. The minimum atomic E-state index is -0.285. The zero-order chi connectivity index (χ0) is 19.4. The predicted molar refractivity (Wildman–Crippen MR) is 104 cm³/mol. The molecule has 0 fully saturated rings. The molecule has 0 aromatic heterocycles. The molecule has 2 N–H and O–H groups in total. The van der Waals surface area contributed by atoms with Crippen molar-refractivity contribution in [2.24, 2.45) is 0 Å². The SMILES string of the molecule is Cc1ccc(NC(=O)/C=C/c2ccc3c(c2)OCO3)cc1C(=O)NC(C)C. The lowest BCUT2D eigenvalue weighted by Crippen LogP contribution is -2.30. The summed E-state index contributed by atoms with van der Waals surface area (Å²) in [7, 11) is 0. The Kier molecular flexibility index (Phi) is 5.45. The van der Waals surface area contributed by atoms with Crippen LogP contribution in [0.2, 0.25) is 0 Å². The van der Waals surface area contributed by atoms with Gasteiger partial charge in [0.2, 0.25) is 12.7 Å². The molecule has 27 heavy (non-hydrogen) atoms. The van der Waals surface area contributed by atoms with E-state index in [-0.39, 0.29) is 24.6 Å². The summed E-state index contributed by atoms with van der Waals surface area (Å²) in [6, 6.07) is 10.8. The standard InChI is InChI=1S/C21H22N2O4/c1-13(2)22-21(25)17-11-16(7-4-14(17)3)23-20(24)9-6-15-5-8-18-19(10-15)27-12-26-18/h4-11,13H,12H2,1-3H3,(H,22,25)(H,23,24)/b9-6+. The van der Waals surface area contributed by atoms with Gasteiger partial charge >= 0.3 is 0 Å². The summed E-state index contributed by atoms with van der Waals surface area (Å²) in [5.74, 6) is 0.918. The topological polar surface area (TPSA) is 76.7 Å². The number of ether oxygens (including phenoxy) is 2. The van der Waals surface area contributed by atoms with Gasteiger partial charge in [0, 0.05) is 23.4 Å². The van der Waals surface area contributed by atoms with Gasteiger partial charge in [-0.2, -0.15) is 0 Å². The Morgan fingerprint density at radius 1 is 1.07 bits per heavy atom. The highest BCUT2D eigenvalue weighted by atomic mass is 16.7. The smallest absolute Gasteiger partial charge is 0.251 e. The lowest BCUT2D eigenvalue weighted by atomic mass is 10.1. The monoisotopic (exact) mass is 366 g/mol. The maximum absolute atomic E-state index is 12.3. The summed E-state index contributed by atoms with van der Waals surface area (Å²) in [6.07, 6.45) is 3.13. The number of rotatable bonds is 5. The molecule has 0 radical (unpaired) electrons. The Morgan fingerprint density at radius 2 is 1.85 bits per heavy atom. The van der Waals surface area contributed by atoms with Crippen LogP contribution in [0, 0.1) is 6.92 Å². The fourth-order valence-electron chi connectivity index (χ4n) is 2.66. The van der Waals surface area contributed by atoms with Gasteiger partial charge in [-0.25, -0.2) is 0 Å². The number of aryl methyl sites for hydroxylation is 1. The van der Waals surface area contributed by atoms with E-state index in [2.05, 4.69) is 10.6 Å². The van der Waals surface area contributed by atoms with Crippen molar-refractivity contribution in [3.8, 4) is 11.5 Å². The number of anilines is 1. The summed E-state index contributed by atoms with van der Waals surface area (Å²) < 4.78 is 10.6. The zero-order valence-corrected chi connectivity index (χ0v) is 15.5. The van der Waals surface area contributed by atoms with Crippen LogP contribution in [-0.2, 0) is 4.79 Å². The second-order valence-corrected chi connectivity index (χ2v) is 6.59. The van der Waals surface area contributed by atoms with Crippen LogP contribution in [0.5, 0.6) is 11.5 Å². The highest BCUT2D eigenvalue weighted by molar-refractivity contribution is 6.03. The molecule has 1 heterocycles. The maximum atomic E-state index is 12.3. The van der Waals surface area contributed by atoms with Crippen LogP contribution in [0.1, 0.15) is 35.3 Å². The van der Waals surface area contributed by atoms with Gasteiger partial charge in [0.15, 0.2) is 11.5 Å². The summed E-state index contributed by atoms with van der Waals surface area (Å²) in [6.45, 7) is 5.88. The van der Waals surface area contributed by atoms with Gasteiger partial charge in [0.05, 0.1) is 0 Å². The first kappa shape index (κ1) is 18.5. The first-order valence-corrected chi connectivity index (χ1v) is 8.72. The van der Waals surface area contributed by atoms with Crippen LogP contribution < -0.4 is 20.1 Å². The van der Waals surface area contributed by atoms with Crippen molar-refractivity contribution < 1.29 is 19.1 Å². The molecule has 2 amide bonds. The molecule has 140 valence electrons. The zero-order valence-electron chi connectivity index (χ0n) is 15.5. The van der Waals surface area contributed by atoms with E-state index >= 15 is 0 Å². The molecule has 3 rings (SSSR count). The minimum Gasteiger partial charge on any atom is -0.454 e. The molecule has 0 unspecified atom stereocenters. The van der Waals surface area contributed by atoms with E-state index in [0.717, 1.165) is 11.1 Å². The minimum absolute atomic E-state index is 0.0415. The van der Waals surface area contributed by atoms with E-state index in [1.807, 2.05) is 39.0 Å². The average Bonchev–Trinajstić information content (AvgIpc) is 3.08. The van der Waals surface area contributed by atoms with Crippen molar-refractivity contribution in [1.82, 2.24) is 5.32 Å². The van der Waals surface area contributed by atoms with Crippen molar-refractivity contribution in [3.63, 3.8) is 0 Å². The molecule has 1 aliphatic rings. The summed E-state index contributed by atoms with van der Waals surface area (Å²) in [4.78, 5) is 24.5. The third-order valence-electron chi connectivity index (χ3n) is 3.99. The van der Waals surface area contributed by atoms with Crippen LogP contribution in [0.3, 0.4) is 0 Å². The number of amides is 2. The molecular formula is C21H22N2O4. The van der Waals surface area contributed by atoms with Gasteiger partial charge in [-0.15, -0.1) is 0 Å². The van der Waals surface area contributed by atoms with E-state index in [9.17, 15) is 9.59 Å². The number of carbonyl (C=O) groups is 2. The van der Waals surface area contributed by atoms with Crippen molar-refractivity contribution in [2.75, 3.05) is 12.1 Å². The molecule has 0 saturated carbocycles. The largest absolute Gasteiger partial charge is 0.454 e. The number of benzene rings is 2. The van der Waals surface area contributed by atoms with Crippen molar-refractivity contribution in [2.45, 2.75) is 26.8 Å². The first-order valence-electron chi connectivity index (χ1n) is 8.72. The van der Waals surface area contributed by atoms with E-state index < -0.39 is 0 Å². The van der Waals surface area contributed by atoms with Gasteiger partial charge in [-0.1, -0.05) is 12.1 Å². The lowest BCUT2D eigenvalue weighted by Gasteiger charge is -2.12. The summed E-state index contributed by atoms with van der Waals surface area (Å²) in [5.41, 5.74) is 2.79. The van der Waals surface area contributed by atoms with Crippen molar-refractivity contribution in [1.29, 1.82) is 0 Å². The Balaban J connectivity index is 1.68. The number of carbonyl (C=O) groups excluding carboxylic acids is 2. The van der Waals surface area contributed by atoms with Gasteiger partial charge in [-0.05, 0) is 62.2 Å². The van der Waals surface area contributed by atoms with Gasteiger partial charge in [0.1, 0.15) is 0 Å². The van der Waals surface area contributed by atoms with Gasteiger partial charge in [0.25, 0.3) is 5.91 Å². The number of hydrogen-bond donors (Lipinski definition) is 2. The molecule has 2 aromatic carbocycles. The second kappa shape index (κ2) is 7.95. The van der Waals surface area contributed by atoms with Gasteiger partial charge in [-0.3, -0.25) is 9.59 Å². The summed E-state index contributed by atoms with van der Waals surface area (Å²) >= 11 is 0. The predicted octanol–water partition coefficient (Wildman–Crippen LogP) is 3.51. The first-order chi connectivity index (χ1) is 12.9. The molecule has 0 bridgehead atoms. The molecule has 6 heteroatoms. The molecule has 0 atom stereocenters. The quantitative estimate of drug-likeness (QED) is 0.794.